The highest BCUT2D eigenvalue weighted by Crippen LogP contribution is 2.59. The van der Waals surface area contributed by atoms with E-state index in [1.807, 2.05) is 0 Å². The number of halogens is 1. The molecular formula is C19H25ClN2O6. The van der Waals surface area contributed by atoms with Crippen LogP contribution in [0.4, 0.5) is 5.69 Å². The number of alkyl halides is 1. The summed E-state index contributed by atoms with van der Waals surface area (Å²) in [4.78, 5) is 35.5. The fraction of sp³-hybridized carbons (Fsp3) is 0.579. The van der Waals surface area contributed by atoms with Crippen molar-refractivity contribution >= 4 is 29.2 Å². The molecule has 0 bridgehead atoms. The molecule has 8 nitrogen and oxygen atoms in total. The van der Waals surface area contributed by atoms with E-state index in [9.17, 15) is 19.7 Å². The first-order valence-electron chi connectivity index (χ1n) is 8.94. The first kappa shape index (κ1) is 22.1. The average molecular weight is 413 g/mol. The highest BCUT2D eigenvalue weighted by Gasteiger charge is 2.75. The molecule has 2 rings (SSSR count). The lowest BCUT2D eigenvalue weighted by atomic mass is 9.94. The van der Waals surface area contributed by atoms with E-state index in [0.29, 0.717) is 24.3 Å². The fourth-order valence-electron chi connectivity index (χ4n) is 3.10. The lowest BCUT2D eigenvalue weighted by Gasteiger charge is -2.26. The number of non-ortho nitro benzene ring substituents is 1. The molecule has 0 amide bonds. The predicted octanol–water partition coefficient (Wildman–Crippen LogP) is 3.09. The molecular weight excluding hydrogens is 388 g/mol. The number of carbonyl (C=O) groups is 2. The monoisotopic (exact) mass is 412 g/mol. The van der Waals surface area contributed by atoms with Gasteiger partial charge in [0.25, 0.3) is 5.69 Å². The molecule has 28 heavy (non-hydrogen) atoms. The second-order valence-electron chi connectivity index (χ2n) is 8.02. The van der Waals surface area contributed by atoms with Crippen LogP contribution in [0.25, 0.3) is 0 Å². The number of hydrogen-bond acceptors (Lipinski definition) is 7. The molecule has 1 aromatic rings. The van der Waals surface area contributed by atoms with Crippen LogP contribution in [0.1, 0.15) is 45.6 Å². The van der Waals surface area contributed by atoms with E-state index in [2.05, 4.69) is 0 Å². The Morgan fingerprint density at radius 2 is 1.86 bits per heavy atom. The number of esters is 2. The number of hydrogen-bond donors (Lipinski definition) is 1. The van der Waals surface area contributed by atoms with Crippen LogP contribution < -0.4 is 5.73 Å². The molecule has 2 atom stereocenters. The molecule has 0 aromatic heterocycles. The maximum absolute atomic E-state index is 12.7. The molecule has 1 saturated carbocycles. The van der Waals surface area contributed by atoms with Crippen LogP contribution in [0.2, 0.25) is 0 Å². The van der Waals surface area contributed by atoms with Crippen molar-refractivity contribution in [2.24, 2.45) is 11.1 Å². The number of benzene rings is 1. The first-order valence-corrected chi connectivity index (χ1v) is 9.47. The Morgan fingerprint density at radius 3 is 2.36 bits per heavy atom. The first-order chi connectivity index (χ1) is 12.9. The SMILES string of the molecule is CC(C)(C)OC(=O)C1(CCCCl)CC1(N)C(=O)OCc1ccc([N+](=O)[O-])cc1. The van der Waals surface area contributed by atoms with E-state index in [1.54, 1.807) is 20.8 Å². The van der Waals surface area contributed by atoms with Crippen LogP contribution in [-0.4, -0.2) is 33.9 Å². The van der Waals surface area contributed by atoms with Crippen LogP contribution in [0.3, 0.4) is 0 Å². The molecule has 1 fully saturated rings. The van der Waals surface area contributed by atoms with Gasteiger partial charge in [0, 0.05) is 18.0 Å². The minimum absolute atomic E-state index is 0.0578. The fourth-order valence-corrected chi connectivity index (χ4v) is 3.24. The van der Waals surface area contributed by atoms with Gasteiger partial charge in [0.1, 0.15) is 17.7 Å². The van der Waals surface area contributed by atoms with Gasteiger partial charge in [-0.1, -0.05) is 0 Å². The van der Waals surface area contributed by atoms with Crippen molar-refractivity contribution in [3.8, 4) is 0 Å². The Bertz CT molecular complexity index is 761. The normalized spacial score (nSPS) is 23.8. The summed E-state index contributed by atoms with van der Waals surface area (Å²) >= 11 is 5.76. The van der Waals surface area contributed by atoms with E-state index >= 15 is 0 Å². The Morgan fingerprint density at radius 1 is 1.25 bits per heavy atom. The van der Waals surface area contributed by atoms with Gasteiger partial charge in [-0.25, -0.2) is 0 Å². The zero-order valence-corrected chi connectivity index (χ0v) is 17.0. The van der Waals surface area contributed by atoms with E-state index in [-0.39, 0.29) is 18.7 Å². The maximum Gasteiger partial charge on any atom is 0.327 e. The molecule has 2 unspecified atom stereocenters. The smallest absolute Gasteiger partial charge is 0.327 e. The summed E-state index contributed by atoms with van der Waals surface area (Å²) in [5.74, 6) is -0.899. The zero-order valence-electron chi connectivity index (χ0n) is 16.2. The lowest BCUT2D eigenvalue weighted by Crippen LogP contribution is -2.45. The number of carbonyl (C=O) groups excluding carboxylic acids is 2. The van der Waals surface area contributed by atoms with E-state index in [1.165, 1.54) is 24.3 Å². The van der Waals surface area contributed by atoms with Crippen LogP contribution in [0.15, 0.2) is 24.3 Å². The largest absolute Gasteiger partial charge is 0.459 e. The Balaban J connectivity index is 2.07. The van der Waals surface area contributed by atoms with Crippen LogP contribution in [0, 0.1) is 15.5 Å². The molecule has 0 saturated heterocycles. The summed E-state index contributed by atoms with van der Waals surface area (Å²) < 4.78 is 10.8. The summed E-state index contributed by atoms with van der Waals surface area (Å²) in [5, 5.41) is 10.7. The van der Waals surface area contributed by atoms with Gasteiger partial charge in [0.15, 0.2) is 0 Å². The number of nitrogens with two attached hydrogens (primary N) is 1. The highest BCUT2D eigenvalue weighted by molar-refractivity contribution is 6.17. The quantitative estimate of drug-likeness (QED) is 0.301. The summed E-state index contributed by atoms with van der Waals surface area (Å²) in [5.41, 5.74) is 3.44. The molecule has 0 spiro atoms. The van der Waals surface area contributed by atoms with Gasteiger partial charge < -0.3 is 15.2 Å². The topological polar surface area (TPSA) is 122 Å². The van der Waals surface area contributed by atoms with Crippen molar-refractivity contribution in [3.05, 3.63) is 39.9 Å². The molecule has 2 N–H and O–H groups in total. The van der Waals surface area contributed by atoms with Gasteiger partial charge in [-0.3, -0.25) is 19.7 Å². The third-order valence-electron chi connectivity index (χ3n) is 4.72. The predicted molar refractivity (Wildman–Crippen MR) is 103 cm³/mol. The second-order valence-corrected chi connectivity index (χ2v) is 8.40. The van der Waals surface area contributed by atoms with Crippen LogP contribution in [-0.2, 0) is 25.7 Å². The summed E-state index contributed by atoms with van der Waals surface area (Å²) in [6.07, 6.45) is 0.967. The van der Waals surface area contributed by atoms with Crippen molar-refractivity contribution in [1.82, 2.24) is 0 Å². The summed E-state index contributed by atoms with van der Waals surface area (Å²) in [7, 11) is 0. The average Bonchev–Trinajstić information content (AvgIpc) is 3.24. The molecule has 9 heteroatoms. The molecule has 0 radical (unpaired) electrons. The van der Waals surface area contributed by atoms with Crippen molar-refractivity contribution in [1.29, 1.82) is 0 Å². The minimum Gasteiger partial charge on any atom is -0.459 e. The molecule has 154 valence electrons. The van der Waals surface area contributed by atoms with Gasteiger partial charge in [0.05, 0.1) is 10.3 Å². The number of rotatable bonds is 8. The Hall–Kier alpha value is -2.19. The number of nitro groups is 1. The third kappa shape index (κ3) is 4.62. The van der Waals surface area contributed by atoms with Gasteiger partial charge in [0.2, 0.25) is 0 Å². The number of nitro benzene ring substituents is 1. The van der Waals surface area contributed by atoms with Crippen molar-refractivity contribution < 1.29 is 24.0 Å². The van der Waals surface area contributed by atoms with Gasteiger partial charge >= 0.3 is 11.9 Å². The van der Waals surface area contributed by atoms with Gasteiger partial charge in [-0.15, -0.1) is 11.6 Å². The molecule has 1 aromatic carbocycles. The minimum atomic E-state index is -1.47. The van der Waals surface area contributed by atoms with Crippen molar-refractivity contribution in [2.75, 3.05) is 5.88 Å². The lowest BCUT2D eigenvalue weighted by molar-refractivity contribution is -0.384. The van der Waals surface area contributed by atoms with E-state index < -0.39 is 33.4 Å². The summed E-state index contributed by atoms with van der Waals surface area (Å²) in [6.45, 7) is 5.13. The second kappa shape index (κ2) is 8.05. The van der Waals surface area contributed by atoms with E-state index in [0.717, 1.165) is 0 Å². The maximum atomic E-state index is 12.7. The molecule has 1 aliphatic rings. The standard InChI is InChI=1S/C19H25ClN2O6/c1-17(2,3)28-15(23)18(9-4-10-20)12-19(18,21)16(24)27-11-13-5-7-14(8-6-13)22(25)26/h5-8H,4,9-12,21H2,1-3H3. The Labute approximate surface area is 168 Å². The molecule has 0 aliphatic heterocycles. The number of nitrogens with zero attached hydrogens (tertiary/aromatic N) is 1. The van der Waals surface area contributed by atoms with Crippen molar-refractivity contribution in [2.45, 2.75) is 57.8 Å². The van der Waals surface area contributed by atoms with Gasteiger partial charge in [-0.05, 0) is 57.7 Å². The zero-order chi connectivity index (χ0) is 21.2. The van der Waals surface area contributed by atoms with Gasteiger partial charge in [-0.2, -0.15) is 0 Å². The van der Waals surface area contributed by atoms with Crippen LogP contribution >= 0.6 is 11.6 Å². The van der Waals surface area contributed by atoms with Crippen molar-refractivity contribution in [3.63, 3.8) is 0 Å². The Kier molecular flexibility index (Phi) is 6.35. The van der Waals surface area contributed by atoms with Crippen LogP contribution in [0.5, 0.6) is 0 Å². The summed E-state index contributed by atoms with van der Waals surface area (Å²) in [6, 6.07) is 5.64. The third-order valence-corrected chi connectivity index (χ3v) is 4.98. The molecule has 0 heterocycles. The highest BCUT2D eigenvalue weighted by atomic mass is 35.5. The molecule has 1 aliphatic carbocycles. The number of ether oxygens (including phenoxy) is 2. The van der Waals surface area contributed by atoms with E-state index in [4.69, 9.17) is 26.8 Å².